The molecule has 1 aromatic heterocycles. The van der Waals surface area contributed by atoms with Gasteiger partial charge in [-0.2, -0.15) is 0 Å². The van der Waals surface area contributed by atoms with E-state index in [2.05, 4.69) is 146 Å². The molecule has 1 aliphatic carbocycles. The first kappa shape index (κ1) is 21.5. The molecule has 0 aliphatic heterocycles. The van der Waals surface area contributed by atoms with E-state index in [0.717, 1.165) is 11.4 Å². The lowest BCUT2D eigenvalue weighted by Gasteiger charge is -2.28. The molecule has 4 aromatic carbocycles. The second-order valence-electron chi connectivity index (χ2n) is 10.0. The van der Waals surface area contributed by atoms with Crippen LogP contribution in [0, 0.1) is 13.8 Å². The molecule has 0 saturated heterocycles. The fraction of sp³-hybridized carbons (Fsp3) is 0.152. The first-order chi connectivity index (χ1) is 16.9. The SMILES string of the molecule is Cc1ccc(C)n1-c1ccc2c(c1)C(C)(C)c1cc(N(c3ccccc3)c3ccccc3)ccc1-2. The van der Waals surface area contributed by atoms with Crippen LogP contribution in [-0.2, 0) is 5.41 Å². The number of nitrogens with zero attached hydrogens (tertiary/aromatic N) is 2. The molecule has 5 aromatic rings. The summed E-state index contributed by atoms with van der Waals surface area (Å²) in [5.41, 5.74) is 12.6. The number of anilines is 3. The molecule has 0 radical (unpaired) electrons. The van der Waals surface area contributed by atoms with E-state index in [0.29, 0.717) is 0 Å². The molecule has 0 amide bonds. The van der Waals surface area contributed by atoms with E-state index < -0.39 is 0 Å². The van der Waals surface area contributed by atoms with E-state index in [-0.39, 0.29) is 5.41 Å². The van der Waals surface area contributed by atoms with Crippen LogP contribution in [0.4, 0.5) is 17.1 Å². The fourth-order valence-corrected chi connectivity index (χ4v) is 5.67. The second kappa shape index (κ2) is 8.02. The topological polar surface area (TPSA) is 8.17 Å². The number of hydrogen-bond donors (Lipinski definition) is 0. The minimum Gasteiger partial charge on any atom is -0.319 e. The summed E-state index contributed by atoms with van der Waals surface area (Å²) in [6.45, 7) is 9.06. The fourth-order valence-electron chi connectivity index (χ4n) is 5.67. The van der Waals surface area contributed by atoms with Crippen molar-refractivity contribution in [2.75, 3.05) is 4.90 Å². The Morgan fingerprint density at radius 1 is 0.543 bits per heavy atom. The molecule has 2 heteroatoms. The number of hydrogen-bond acceptors (Lipinski definition) is 1. The third-order valence-corrected chi connectivity index (χ3v) is 7.46. The normalized spacial score (nSPS) is 13.4. The van der Waals surface area contributed by atoms with Gasteiger partial charge in [-0.05, 0) is 96.8 Å². The van der Waals surface area contributed by atoms with Gasteiger partial charge < -0.3 is 9.47 Å². The molecule has 1 aliphatic rings. The first-order valence-electron chi connectivity index (χ1n) is 12.3. The van der Waals surface area contributed by atoms with Crippen molar-refractivity contribution in [3.63, 3.8) is 0 Å². The number of rotatable bonds is 4. The Bertz CT molecular complexity index is 1470. The molecule has 172 valence electrons. The summed E-state index contributed by atoms with van der Waals surface area (Å²) in [7, 11) is 0. The third kappa shape index (κ3) is 3.40. The summed E-state index contributed by atoms with van der Waals surface area (Å²) in [4.78, 5) is 2.34. The molecule has 1 heterocycles. The first-order valence-corrected chi connectivity index (χ1v) is 12.3. The Morgan fingerprint density at radius 2 is 1.06 bits per heavy atom. The molecule has 2 nitrogen and oxygen atoms in total. The van der Waals surface area contributed by atoms with E-state index in [1.54, 1.807) is 0 Å². The van der Waals surface area contributed by atoms with Gasteiger partial charge in [0.25, 0.3) is 0 Å². The molecule has 0 atom stereocenters. The van der Waals surface area contributed by atoms with Gasteiger partial charge in [-0.1, -0.05) is 62.4 Å². The standard InChI is InChI=1S/C33H30N2/c1-23-15-16-24(2)34(23)27-17-19-29-30-20-18-28(22-32(30)33(3,4)31(29)21-27)35(25-11-7-5-8-12-25)26-13-9-6-10-14-26/h5-22H,1-4H3. The molecule has 0 unspecified atom stereocenters. The highest BCUT2D eigenvalue weighted by atomic mass is 15.1. The summed E-state index contributed by atoms with van der Waals surface area (Å²) >= 11 is 0. The lowest BCUT2D eigenvalue weighted by Crippen LogP contribution is -2.17. The van der Waals surface area contributed by atoms with Crippen LogP contribution in [0.15, 0.2) is 109 Å². The Hall–Kier alpha value is -4.04. The summed E-state index contributed by atoms with van der Waals surface area (Å²) in [6.07, 6.45) is 0. The Balaban J connectivity index is 1.49. The van der Waals surface area contributed by atoms with Crippen LogP contribution < -0.4 is 4.90 Å². The molecule has 0 N–H and O–H groups in total. The maximum Gasteiger partial charge on any atom is 0.0465 e. The number of benzene rings is 4. The van der Waals surface area contributed by atoms with E-state index in [4.69, 9.17) is 0 Å². The lowest BCUT2D eigenvalue weighted by molar-refractivity contribution is 0.659. The molecule has 0 spiro atoms. The van der Waals surface area contributed by atoms with Crippen LogP contribution in [-0.4, -0.2) is 4.57 Å². The molecular formula is C33H30N2. The maximum absolute atomic E-state index is 2.39. The highest BCUT2D eigenvalue weighted by molar-refractivity contribution is 5.86. The van der Waals surface area contributed by atoms with E-state index in [1.807, 2.05) is 0 Å². The Kier molecular flexibility index (Phi) is 4.93. The Labute approximate surface area is 208 Å². The minimum absolute atomic E-state index is 0.0926. The monoisotopic (exact) mass is 454 g/mol. The van der Waals surface area contributed by atoms with Crippen molar-refractivity contribution in [1.29, 1.82) is 0 Å². The summed E-state index contributed by atoms with van der Waals surface area (Å²) in [6, 6.07) is 39.6. The van der Waals surface area contributed by atoms with E-state index in [1.165, 1.54) is 45.0 Å². The highest BCUT2D eigenvalue weighted by Gasteiger charge is 2.36. The summed E-state index contributed by atoms with van der Waals surface area (Å²) in [5, 5.41) is 0. The van der Waals surface area contributed by atoms with Gasteiger partial charge in [-0.3, -0.25) is 0 Å². The smallest absolute Gasteiger partial charge is 0.0465 e. The lowest BCUT2D eigenvalue weighted by atomic mass is 9.82. The predicted octanol–water partition coefficient (Wildman–Crippen LogP) is 8.87. The average Bonchev–Trinajstić information content (AvgIpc) is 3.33. The second-order valence-corrected chi connectivity index (χ2v) is 10.0. The van der Waals surface area contributed by atoms with Crippen molar-refractivity contribution in [3.05, 3.63) is 132 Å². The molecule has 0 bridgehead atoms. The molecular weight excluding hydrogens is 424 g/mol. The van der Waals surface area contributed by atoms with Gasteiger partial charge in [0.15, 0.2) is 0 Å². The number of aromatic nitrogens is 1. The van der Waals surface area contributed by atoms with E-state index in [9.17, 15) is 0 Å². The molecule has 0 fully saturated rings. The highest BCUT2D eigenvalue weighted by Crippen LogP contribution is 2.51. The van der Waals surface area contributed by atoms with Crippen molar-refractivity contribution < 1.29 is 0 Å². The zero-order chi connectivity index (χ0) is 24.2. The Morgan fingerprint density at radius 3 is 1.63 bits per heavy atom. The van der Waals surface area contributed by atoms with Crippen molar-refractivity contribution in [2.45, 2.75) is 33.1 Å². The van der Waals surface area contributed by atoms with Gasteiger partial charge in [-0.15, -0.1) is 0 Å². The number of aryl methyl sites for hydroxylation is 2. The van der Waals surface area contributed by atoms with Crippen LogP contribution in [0.25, 0.3) is 16.8 Å². The van der Waals surface area contributed by atoms with Crippen molar-refractivity contribution in [1.82, 2.24) is 4.57 Å². The van der Waals surface area contributed by atoms with Gasteiger partial charge in [0.05, 0.1) is 0 Å². The zero-order valence-electron chi connectivity index (χ0n) is 20.8. The van der Waals surface area contributed by atoms with Crippen molar-refractivity contribution in [2.24, 2.45) is 0 Å². The molecule has 35 heavy (non-hydrogen) atoms. The third-order valence-electron chi connectivity index (χ3n) is 7.46. The minimum atomic E-state index is -0.0926. The summed E-state index contributed by atoms with van der Waals surface area (Å²) in [5.74, 6) is 0. The molecule has 0 saturated carbocycles. The van der Waals surface area contributed by atoms with Crippen LogP contribution in [0.2, 0.25) is 0 Å². The van der Waals surface area contributed by atoms with Crippen molar-refractivity contribution >= 4 is 17.1 Å². The predicted molar refractivity (Wildman–Crippen MR) is 147 cm³/mol. The number of fused-ring (bicyclic) bond motifs is 3. The van der Waals surface area contributed by atoms with Crippen LogP contribution in [0.1, 0.15) is 36.4 Å². The van der Waals surface area contributed by atoms with Gasteiger partial charge in [0.2, 0.25) is 0 Å². The van der Waals surface area contributed by atoms with Crippen LogP contribution >= 0.6 is 0 Å². The molecule has 6 rings (SSSR count). The zero-order valence-corrected chi connectivity index (χ0v) is 20.8. The quantitative estimate of drug-likeness (QED) is 0.263. The largest absolute Gasteiger partial charge is 0.319 e. The van der Waals surface area contributed by atoms with E-state index >= 15 is 0 Å². The van der Waals surface area contributed by atoms with Gasteiger partial charge in [-0.25, -0.2) is 0 Å². The van der Waals surface area contributed by atoms with Gasteiger partial charge in [0, 0.05) is 39.6 Å². The van der Waals surface area contributed by atoms with Gasteiger partial charge >= 0.3 is 0 Å². The maximum atomic E-state index is 2.39. The van der Waals surface area contributed by atoms with Crippen molar-refractivity contribution in [3.8, 4) is 16.8 Å². The van der Waals surface area contributed by atoms with Crippen LogP contribution in [0.3, 0.4) is 0 Å². The average molecular weight is 455 g/mol. The van der Waals surface area contributed by atoms with Gasteiger partial charge in [0.1, 0.15) is 0 Å². The number of para-hydroxylation sites is 2. The summed E-state index contributed by atoms with van der Waals surface area (Å²) < 4.78 is 2.34. The van der Waals surface area contributed by atoms with Crippen LogP contribution in [0.5, 0.6) is 0 Å².